The number of aromatic nitrogens is 1. The number of carbonyl (C=O) groups is 1. The van der Waals surface area contributed by atoms with E-state index in [-0.39, 0.29) is 5.57 Å². The first-order chi connectivity index (χ1) is 5.11. The van der Waals surface area contributed by atoms with Gasteiger partial charge >= 0.3 is 5.97 Å². The standard InChI is InChI=1S/C8H9NO2/c1-6(8(10)11)7-3-4-9(2)5-7/h3-5H,1H2,2H3,(H,10,11). The van der Waals surface area contributed by atoms with Gasteiger partial charge in [-0.05, 0) is 6.07 Å². The van der Waals surface area contributed by atoms with E-state index in [4.69, 9.17) is 5.11 Å². The molecule has 0 saturated carbocycles. The average molecular weight is 151 g/mol. The number of carboxylic acids is 1. The van der Waals surface area contributed by atoms with Gasteiger partial charge in [-0.1, -0.05) is 6.58 Å². The van der Waals surface area contributed by atoms with E-state index in [0.29, 0.717) is 5.56 Å². The molecule has 0 amide bonds. The third-order valence-electron chi connectivity index (χ3n) is 1.44. The highest BCUT2D eigenvalue weighted by Gasteiger charge is 2.06. The van der Waals surface area contributed by atoms with Gasteiger partial charge in [-0.2, -0.15) is 0 Å². The topological polar surface area (TPSA) is 42.2 Å². The van der Waals surface area contributed by atoms with Gasteiger partial charge in [0.2, 0.25) is 0 Å². The molecule has 0 aliphatic rings. The summed E-state index contributed by atoms with van der Waals surface area (Å²) < 4.78 is 1.78. The van der Waals surface area contributed by atoms with Crippen molar-refractivity contribution in [1.29, 1.82) is 0 Å². The number of nitrogens with zero attached hydrogens (tertiary/aromatic N) is 1. The van der Waals surface area contributed by atoms with Crippen LogP contribution in [0.4, 0.5) is 0 Å². The highest BCUT2D eigenvalue weighted by Crippen LogP contribution is 2.11. The molecule has 0 fully saturated rings. The first kappa shape index (κ1) is 7.60. The predicted molar refractivity (Wildman–Crippen MR) is 42.1 cm³/mol. The van der Waals surface area contributed by atoms with E-state index < -0.39 is 5.97 Å². The largest absolute Gasteiger partial charge is 0.478 e. The monoisotopic (exact) mass is 151 g/mol. The molecule has 1 aromatic rings. The molecule has 0 unspecified atom stereocenters. The minimum absolute atomic E-state index is 0.130. The van der Waals surface area contributed by atoms with Gasteiger partial charge in [0, 0.05) is 25.0 Å². The molecule has 0 aromatic carbocycles. The van der Waals surface area contributed by atoms with Gasteiger partial charge in [0.1, 0.15) is 0 Å². The van der Waals surface area contributed by atoms with Crippen LogP contribution >= 0.6 is 0 Å². The number of hydrogen-bond donors (Lipinski definition) is 1. The van der Waals surface area contributed by atoms with Crippen molar-refractivity contribution in [3.8, 4) is 0 Å². The summed E-state index contributed by atoms with van der Waals surface area (Å²) in [6, 6.07) is 1.72. The second-order valence-electron chi connectivity index (χ2n) is 2.35. The van der Waals surface area contributed by atoms with Crippen LogP contribution in [0, 0.1) is 0 Å². The smallest absolute Gasteiger partial charge is 0.335 e. The van der Waals surface area contributed by atoms with E-state index in [1.54, 1.807) is 23.0 Å². The number of carboxylic acid groups (broad SMARTS) is 1. The summed E-state index contributed by atoms with van der Waals surface area (Å²) in [6.07, 6.45) is 3.50. The van der Waals surface area contributed by atoms with E-state index >= 15 is 0 Å². The Kier molecular flexibility index (Phi) is 1.81. The van der Waals surface area contributed by atoms with Crippen LogP contribution in [0.3, 0.4) is 0 Å². The van der Waals surface area contributed by atoms with Crippen LogP contribution in [0.25, 0.3) is 5.57 Å². The zero-order valence-corrected chi connectivity index (χ0v) is 6.24. The fourth-order valence-electron chi connectivity index (χ4n) is 0.805. The molecular formula is C8H9NO2. The first-order valence-electron chi connectivity index (χ1n) is 3.16. The van der Waals surface area contributed by atoms with Crippen LogP contribution in [0.15, 0.2) is 25.0 Å². The molecule has 0 bridgehead atoms. The van der Waals surface area contributed by atoms with Crippen molar-refractivity contribution in [1.82, 2.24) is 4.57 Å². The fraction of sp³-hybridized carbons (Fsp3) is 0.125. The lowest BCUT2D eigenvalue weighted by atomic mass is 10.2. The zero-order chi connectivity index (χ0) is 8.43. The minimum Gasteiger partial charge on any atom is -0.478 e. The maximum Gasteiger partial charge on any atom is 0.335 e. The SMILES string of the molecule is C=C(C(=O)O)c1ccn(C)c1. The molecule has 0 saturated heterocycles. The molecule has 3 nitrogen and oxygen atoms in total. The Morgan fingerprint density at radius 2 is 2.36 bits per heavy atom. The van der Waals surface area contributed by atoms with E-state index in [2.05, 4.69) is 6.58 Å². The number of rotatable bonds is 2. The van der Waals surface area contributed by atoms with Gasteiger partial charge < -0.3 is 9.67 Å². The molecule has 0 aliphatic heterocycles. The van der Waals surface area contributed by atoms with Crippen LogP contribution in [0.1, 0.15) is 5.56 Å². The van der Waals surface area contributed by atoms with E-state index in [1.807, 2.05) is 7.05 Å². The molecule has 11 heavy (non-hydrogen) atoms. The first-order valence-corrected chi connectivity index (χ1v) is 3.16. The molecule has 58 valence electrons. The molecule has 0 aliphatic carbocycles. The highest BCUT2D eigenvalue weighted by atomic mass is 16.4. The predicted octanol–water partition coefficient (Wildman–Crippen LogP) is 1.12. The van der Waals surface area contributed by atoms with Gasteiger partial charge in [0.15, 0.2) is 0 Å². The summed E-state index contributed by atoms with van der Waals surface area (Å²) in [6.45, 7) is 3.42. The number of aliphatic carboxylic acids is 1. The summed E-state index contributed by atoms with van der Waals surface area (Å²) in [5, 5.41) is 8.54. The Balaban J connectivity index is 2.94. The Labute approximate surface area is 64.6 Å². The fourth-order valence-corrected chi connectivity index (χ4v) is 0.805. The van der Waals surface area contributed by atoms with Gasteiger partial charge in [-0.3, -0.25) is 0 Å². The average Bonchev–Trinajstić information content (AvgIpc) is 2.34. The Hall–Kier alpha value is -1.51. The lowest BCUT2D eigenvalue weighted by Gasteiger charge is -1.93. The number of aryl methyl sites for hydroxylation is 1. The van der Waals surface area contributed by atoms with Crippen molar-refractivity contribution in [2.75, 3.05) is 0 Å². The lowest BCUT2D eigenvalue weighted by molar-refractivity contribution is -0.130. The molecule has 3 heteroatoms. The van der Waals surface area contributed by atoms with Crippen molar-refractivity contribution in [3.05, 3.63) is 30.6 Å². The Bertz CT molecular complexity index is 299. The van der Waals surface area contributed by atoms with E-state index in [0.717, 1.165) is 0 Å². The van der Waals surface area contributed by atoms with Crippen LogP contribution in [0.5, 0.6) is 0 Å². The molecule has 1 aromatic heterocycles. The molecule has 1 N–H and O–H groups in total. The molecule has 1 rings (SSSR count). The quantitative estimate of drug-likeness (QED) is 0.643. The summed E-state index contributed by atoms with van der Waals surface area (Å²) in [7, 11) is 1.83. The third-order valence-corrected chi connectivity index (χ3v) is 1.44. The third kappa shape index (κ3) is 1.49. The van der Waals surface area contributed by atoms with Crippen molar-refractivity contribution in [2.24, 2.45) is 7.05 Å². The van der Waals surface area contributed by atoms with Crippen LogP contribution in [-0.2, 0) is 11.8 Å². The van der Waals surface area contributed by atoms with Crippen LogP contribution in [-0.4, -0.2) is 15.6 Å². The molecule has 0 radical (unpaired) electrons. The second-order valence-corrected chi connectivity index (χ2v) is 2.35. The minimum atomic E-state index is -0.976. The lowest BCUT2D eigenvalue weighted by Crippen LogP contribution is -1.96. The summed E-state index contributed by atoms with van der Waals surface area (Å²) >= 11 is 0. The molecular weight excluding hydrogens is 142 g/mol. The van der Waals surface area contributed by atoms with Gasteiger partial charge in [-0.15, -0.1) is 0 Å². The van der Waals surface area contributed by atoms with Crippen molar-refractivity contribution in [3.63, 3.8) is 0 Å². The van der Waals surface area contributed by atoms with Crippen molar-refractivity contribution < 1.29 is 9.90 Å². The summed E-state index contributed by atoms with van der Waals surface area (Å²) in [5.41, 5.74) is 0.783. The molecule has 0 atom stereocenters. The van der Waals surface area contributed by atoms with Crippen LogP contribution in [0.2, 0.25) is 0 Å². The maximum absolute atomic E-state index is 10.4. The normalized spacial score (nSPS) is 9.55. The molecule has 1 heterocycles. The summed E-state index contributed by atoms with van der Waals surface area (Å²) in [5.74, 6) is -0.976. The van der Waals surface area contributed by atoms with E-state index in [9.17, 15) is 4.79 Å². The van der Waals surface area contributed by atoms with Gasteiger partial charge in [-0.25, -0.2) is 4.79 Å². The Morgan fingerprint density at radius 3 is 2.73 bits per heavy atom. The Morgan fingerprint density at radius 1 is 1.73 bits per heavy atom. The molecule has 0 spiro atoms. The highest BCUT2D eigenvalue weighted by molar-refractivity contribution is 6.14. The van der Waals surface area contributed by atoms with Gasteiger partial charge in [0.05, 0.1) is 5.57 Å². The second kappa shape index (κ2) is 2.62. The van der Waals surface area contributed by atoms with Crippen molar-refractivity contribution in [2.45, 2.75) is 0 Å². The zero-order valence-electron chi connectivity index (χ0n) is 6.24. The summed E-state index contributed by atoms with van der Waals surface area (Å²) in [4.78, 5) is 10.4. The number of hydrogen-bond acceptors (Lipinski definition) is 1. The van der Waals surface area contributed by atoms with Crippen LogP contribution < -0.4 is 0 Å². The van der Waals surface area contributed by atoms with Gasteiger partial charge in [0.25, 0.3) is 0 Å². The van der Waals surface area contributed by atoms with E-state index in [1.165, 1.54) is 0 Å². The van der Waals surface area contributed by atoms with Crippen molar-refractivity contribution >= 4 is 11.5 Å². The maximum atomic E-state index is 10.4.